The Hall–Kier alpha value is -1.05. The Morgan fingerprint density at radius 2 is 2.00 bits per heavy atom. The lowest BCUT2D eigenvalue weighted by Crippen LogP contribution is -2.08. The van der Waals surface area contributed by atoms with Gasteiger partial charge in [-0.3, -0.25) is 0 Å². The molecule has 2 aliphatic rings. The first-order valence-corrected chi connectivity index (χ1v) is 8.05. The van der Waals surface area contributed by atoms with Crippen LogP contribution in [0.1, 0.15) is 41.3 Å². The minimum atomic E-state index is 0.0583. The Labute approximate surface area is 124 Å². The van der Waals surface area contributed by atoms with E-state index in [0.29, 0.717) is 6.10 Å². The van der Waals surface area contributed by atoms with Crippen molar-refractivity contribution < 1.29 is 4.74 Å². The van der Waals surface area contributed by atoms with Gasteiger partial charge in [-0.15, -0.1) is 11.6 Å². The fraction of sp³-hybridized carbons (Fsp3) is 0.444. The highest BCUT2D eigenvalue weighted by Gasteiger charge is 2.23. The van der Waals surface area contributed by atoms with Gasteiger partial charge in [-0.1, -0.05) is 30.3 Å². The molecule has 1 fully saturated rings. The second kappa shape index (κ2) is 5.05. The average Bonchev–Trinajstić information content (AvgIpc) is 3.10. The maximum atomic E-state index is 6.71. The molecule has 104 valence electrons. The van der Waals surface area contributed by atoms with Crippen LogP contribution in [0.4, 0.5) is 0 Å². The highest BCUT2D eigenvalue weighted by atomic mass is 35.5. The SMILES string of the molecule is ClC(CC1CCCO1)c1ccc2c3c(cccc13)CC2. The minimum absolute atomic E-state index is 0.0583. The van der Waals surface area contributed by atoms with E-state index in [0.717, 1.165) is 19.4 Å². The van der Waals surface area contributed by atoms with E-state index in [2.05, 4.69) is 30.3 Å². The van der Waals surface area contributed by atoms with Gasteiger partial charge in [0.2, 0.25) is 0 Å². The summed E-state index contributed by atoms with van der Waals surface area (Å²) in [7, 11) is 0. The van der Waals surface area contributed by atoms with Crippen LogP contribution >= 0.6 is 11.6 Å². The molecule has 2 atom stereocenters. The number of benzene rings is 2. The van der Waals surface area contributed by atoms with Gasteiger partial charge >= 0.3 is 0 Å². The van der Waals surface area contributed by atoms with Crippen LogP contribution in [0.5, 0.6) is 0 Å². The molecule has 1 nitrogen and oxygen atoms in total. The van der Waals surface area contributed by atoms with Gasteiger partial charge in [0.15, 0.2) is 0 Å². The molecule has 1 saturated heterocycles. The predicted molar refractivity (Wildman–Crippen MR) is 83.5 cm³/mol. The van der Waals surface area contributed by atoms with E-state index in [-0.39, 0.29) is 5.38 Å². The van der Waals surface area contributed by atoms with E-state index in [1.54, 1.807) is 0 Å². The van der Waals surface area contributed by atoms with E-state index < -0.39 is 0 Å². The van der Waals surface area contributed by atoms with Crippen molar-refractivity contribution in [2.45, 2.75) is 43.6 Å². The summed E-state index contributed by atoms with van der Waals surface area (Å²) in [5.74, 6) is 0. The lowest BCUT2D eigenvalue weighted by molar-refractivity contribution is 0.103. The maximum absolute atomic E-state index is 6.71. The standard InChI is InChI=1S/C18H19ClO/c19-17(11-14-4-2-10-20-14)15-9-8-13-7-6-12-3-1-5-16(15)18(12)13/h1,3,5,8-9,14,17H,2,4,6-7,10-11H2. The Balaban J connectivity index is 1.73. The summed E-state index contributed by atoms with van der Waals surface area (Å²) in [6, 6.07) is 11.2. The van der Waals surface area contributed by atoms with Crippen molar-refractivity contribution in [3.63, 3.8) is 0 Å². The third-order valence-electron chi connectivity index (χ3n) is 4.74. The highest BCUT2D eigenvalue weighted by Crippen LogP contribution is 2.39. The van der Waals surface area contributed by atoms with Gasteiger partial charge in [0.25, 0.3) is 0 Å². The van der Waals surface area contributed by atoms with Crippen LogP contribution in [0, 0.1) is 0 Å². The summed E-state index contributed by atoms with van der Waals surface area (Å²) in [6.45, 7) is 0.901. The van der Waals surface area contributed by atoms with Crippen molar-refractivity contribution in [2.24, 2.45) is 0 Å². The van der Waals surface area contributed by atoms with Gasteiger partial charge in [0.05, 0.1) is 11.5 Å². The number of halogens is 1. The Morgan fingerprint density at radius 3 is 2.80 bits per heavy atom. The molecular weight excluding hydrogens is 268 g/mol. The summed E-state index contributed by atoms with van der Waals surface area (Å²) in [4.78, 5) is 0. The molecule has 1 aliphatic carbocycles. The average molecular weight is 287 g/mol. The number of aryl methyl sites for hydroxylation is 2. The third-order valence-corrected chi connectivity index (χ3v) is 5.16. The van der Waals surface area contributed by atoms with Crippen molar-refractivity contribution >= 4 is 22.4 Å². The van der Waals surface area contributed by atoms with Crippen LogP contribution in [-0.4, -0.2) is 12.7 Å². The first-order valence-electron chi connectivity index (χ1n) is 7.62. The molecule has 0 saturated carbocycles. The molecule has 0 bridgehead atoms. The molecular formula is C18H19ClO. The zero-order valence-corrected chi connectivity index (χ0v) is 12.3. The van der Waals surface area contributed by atoms with E-state index in [4.69, 9.17) is 16.3 Å². The van der Waals surface area contributed by atoms with Crippen molar-refractivity contribution in [3.8, 4) is 0 Å². The summed E-state index contributed by atoms with van der Waals surface area (Å²) < 4.78 is 5.73. The Bertz CT molecular complexity index is 633. The van der Waals surface area contributed by atoms with Crippen molar-refractivity contribution in [2.75, 3.05) is 6.61 Å². The van der Waals surface area contributed by atoms with Crippen molar-refractivity contribution in [3.05, 3.63) is 47.0 Å². The Kier molecular flexibility index (Phi) is 3.20. The van der Waals surface area contributed by atoms with Crippen LogP contribution < -0.4 is 0 Å². The van der Waals surface area contributed by atoms with Gasteiger partial charge in [-0.05, 0) is 59.6 Å². The van der Waals surface area contributed by atoms with Gasteiger partial charge in [-0.25, -0.2) is 0 Å². The summed E-state index contributed by atoms with van der Waals surface area (Å²) in [5, 5.41) is 2.88. The molecule has 1 aliphatic heterocycles. The topological polar surface area (TPSA) is 9.23 Å². The fourth-order valence-corrected chi connectivity index (χ4v) is 4.12. The summed E-state index contributed by atoms with van der Waals surface area (Å²) >= 11 is 6.71. The minimum Gasteiger partial charge on any atom is -0.378 e. The monoisotopic (exact) mass is 286 g/mol. The first-order chi connectivity index (χ1) is 9.83. The molecule has 0 N–H and O–H groups in total. The van der Waals surface area contributed by atoms with Crippen LogP contribution in [0.15, 0.2) is 30.3 Å². The van der Waals surface area contributed by atoms with Crippen LogP contribution in [0.25, 0.3) is 10.8 Å². The van der Waals surface area contributed by atoms with Gasteiger partial charge < -0.3 is 4.74 Å². The third kappa shape index (κ3) is 2.04. The molecule has 2 unspecified atom stereocenters. The zero-order chi connectivity index (χ0) is 13.5. The second-order valence-corrected chi connectivity index (χ2v) is 6.52. The second-order valence-electron chi connectivity index (χ2n) is 5.99. The molecule has 4 rings (SSSR count). The quantitative estimate of drug-likeness (QED) is 0.737. The van der Waals surface area contributed by atoms with E-state index in [9.17, 15) is 0 Å². The fourth-order valence-electron chi connectivity index (χ4n) is 3.73. The van der Waals surface area contributed by atoms with Crippen molar-refractivity contribution in [1.82, 2.24) is 0 Å². The van der Waals surface area contributed by atoms with Gasteiger partial charge in [-0.2, -0.15) is 0 Å². The number of hydrogen-bond acceptors (Lipinski definition) is 1. The number of ether oxygens (including phenoxy) is 1. The van der Waals surface area contributed by atoms with Gasteiger partial charge in [0, 0.05) is 6.61 Å². The van der Waals surface area contributed by atoms with Crippen molar-refractivity contribution in [1.29, 1.82) is 0 Å². The molecule has 20 heavy (non-hydrogen) atoms. The smallest absolute Gasteiger partial charge is 0.0615 e. The zero-order valence-electron chi connectivity index (χ0n) is 11.6. The maximum Gasteiger partial charge on any atom is 0.0615 e. The van der Waals surface area contributed by atoms with Crippen LogP contribution in [-0.2, 0) is 17.6 Å². The van der Waals surface area contributed by atoms with Gasteiger partial charge in [0.1, 0.15) is 0 Å². The largest absolute Gasteiger partial charge is 0.378 e. The number of alkyl halides is 1. The molecule has 0 radical (unpaired) electrons. The first kappa shape index (κ1) is 12.7. The molecule has 2 aromatic carbocycles. The molecule has 2 aromatic rings. The molecule has 2 heteroatoms. The number of hydrogen-bond donors (Lipinski definition) is 0. The lowest BCUT2D eigenvalue weighted by atomic mass is 9.95. The van der Waals surface area contributed by atoms with Crippen LogP contribution in [0.2, 0.25) is 0 Å². The van der Waals surface area contributed by atoms with Crippen LogP contribution in [0.3, 0.4) is 0 Å². The molecule has 0 spiro atoms. The Morgan fingerprint density at radius 1 is 1.15 bits per heavy atom. The highest BCUT2D eigenvalue weighted by molar-refractivity contribution is 6.22. The molecule has 1 heterocycles. The lowest BCUT2D eigenvalue weighted by Gasteiger charge is -2.17. The normalized spacial score (nSPS) is 22.6. The van der Waals surface area contributed by atoms with E-state index in [1.807, 2.05) is 0 Å². The molecule has 0 aromatic heterocycles. The van der Waals surface area contributed by atoms with E-state index in [1.165, 1.54) is 46.7 Å². The number of rotatable bonds is 3. The summed E-state index contributed by atoms with van der Waals surface area (Å²) in [5.41, 5.74) is 4.25. The molecule has 0 amide bonds. The van der Waals surface area contributed by atoms with E-state index >= 15 is 0 Å². The predicted octanol–water partition coefficient (Wildman–Crippen LogP) is 4.79. The summed E-state index contributed by atoms with van der Waals surface area (Å²) in [6.07, 6.45) is 5.97.